The Hall–Kier alpha value is -3.22. The number of primary amides is 1. The van der Waals surface area contributed by atoms with Crippen molar-refractivity contribution in [3.05, 3.63) is 0 Å². The van der Waals surface area contributed by atoms with Crippen LogP contribution in [0.25, 0.3) is 0 Å². The molecule has 4 unspecified atom stereocenters. The van der Waals surface area contributed by atoms with E-state index in [0.717, 1.165) is 0 Å². The Kier molecular flexibility index (Phi) is 11.4. The van der Waals surface area contributed by atoms with E-state index >= 15 is 0 Å². The lowest BCUT2D eigenvalue weighted by Crippen LogP contribution is -2.57. The number of likely N-dealkylation sites (tertiary alicyclic amines) is 1. The number of aliphatic carboxylic acids is 2. The number of rotatable bonds is 14. The van der Waals surface area contributed by atoms with E-state index in [9.17, 15) is 33.9 Å². The highest BCUT2D eigenvalue weighted by Gasteiger charge is 2.39. The first-order chi connectivity index (χ1) is 15.8. The number of nitrogens with one attached hydrogen (secondary N) is 2. The molecular weight excluding hydrogens is 450 g/mol. The van der Waals surface area contributed by atoms with Gasteiger partial charge in [0.05, 0.1) is 6.04 Å². The fourth-order valence-electron chi connectivity index (χ4n) is 3.70. The maximum atomic E-state index is 13.3. The molecule has 1 fully saturated rings. The van der Waals surface area contributed by atoms with Crippen LogP contribution in [0.2, 0.25) is 0 Å². The summed E-state index contributed by atoms with van der Waals surface area (Å²) in [4.78, 5) is 72.9. The largest absolute Gasteiger partial charge is 0.481 e. The molecule has 13 heteroatoms. The molecule has 4 atom stereocenters. The molecule has 192 valence electrons. The van der Waals surface area contributed by atoms with Crippen molar-refractivity contribution in [2.45, 2.75) is 83.0 Å². The molecule has 1 rings (SSSR count). The Bertz CT molecular complexity index is 787. The Morgan fingerprint density at radius 2 is 1.65 bits per heavy atom. The molecule has 1 saturated heterocycles. The van der Waals surface area contributed by atoms with Gasteiger partial charge < -0.3 is 37.2 Å². The van der Waals surface area contributed by atoms with Crippen molar-refractivity contribution in [2.75, 3.05) is 6.54 Å². The first-order valence-corrected chi connectivity index (χ1v) is 11.2. The zero-order chi connectivity index (χ0) is 26.0. The van der Waals surface area contributed by atoms with Crippen molar-refractivity contribution in [3.63, 3.8) is 0 Å². The lowest BCUT2D eigenvalue weighted by molar-refractivity contribution is -0.145. The van der Waals surface area contributed by atoms with Gasteiger partial charge in [-0.1, -0.05) is 13.8 Å². The van der Waals surface area contributed by atoms with Crippen LogP contribution in [0.1, 0.15) is 58.8 Å². The minimum atomic E-state index is -1.41. The van der Waals surface area contributed by atoms with Crippen molar-refractivity contribution in [3.8, 4) is 0 Å². The summed E-state index contributed by atoms with van der Waals surface area (Å²) in [5, 5.41) is 23.0. The Morgan fingerprint density at radius 1 is 1.00 bits per heavy atom. The molecule has 0 bridgehead atoms. The maximum absolute atomic E-state index is 13.3. The van der Waals surface area contributed by atoms with Gasteiger partial charge in [-0.2, -0.15) is 0 Å². The van der Waals surface area contributed by atoms with Gasteiger partial charge in [0.15, 0.2) is 0 Å². The van der Waals surface area contributed by atoms with Gasteiger partial charge in [0.2, 0.25) is 23.6 Å². The highest BCUT2D eigenvalue weighted by atomic mass is 16.4. The van der Waals surface area contributed by atoms with Crippen LogP contribution in [0, 0.1) is 5.92 Å². The number of nitrogens with zero attached hydrogens (tertiary/aromatic N) is 1. The summed E-state index contributed by atoms with van der Waals surface area (Å²) < 4.78 is 0. The van der Waals surface area contributed by atoms with Gasteiger partial charge >= 0.3 is 11.9 Å². The van der Waals surface area contributed by atoms with Crippen molar-refractivity contribution in [2.24, 2.45) is 17.4 Å². The fourth-order valence-corrected chi connectivity index (χ4v) is 3.70. The monoisotopic (exact) mass is 485 g/mol. The third-order valence-corrected chi connectivity index (χ3v) is 5.46. The number of carbonyl (C=O) groups is 6. The van der Waals surface area contributed by atoms with E-state index in [1.807, 2.05) is 13.8 Å². The predicted octanol–water partition coefficient (Wildman–Crippen LogP) is -1.46. The summed E-state index contributed by atoms with van der Waals surface area (Å²) in [5.74, 6) is -4.99. The lowest BCUT2D eigenvalue weighted by atomic mass is 10.0. The number of hydrogen-bond donors (Lipinski definition) is 6. The van der Waals surface area contributed by atoms with E-state index in [4.69, 9.17) is 16.6 Å². The van der Waals surface area contributed by atoms with E-state index < -0.39 is 66.2 Å². The topological polar surface area (TPSA) is 222 Å². The third-order valence-electron chi connectivity index (χ3n) is 5.46. The van der Waals surface area contributed by atoms with Gasteiger partial charge in [0.25, 0.3) is 0 Å². The molecule has 1 heterocycles. The van der Waals surface area contributed by atoms with Gasteiger partial charge in [-0.05, 0) is 38.0 Å². The number of carboxylic acid groups (broad SMARTS) is 2. The second-order valence-electron chi connectivity index (χ2n) is 8.82. The van der Waals surface area contributed by atoms with Crippen LogP contribution in [-0.2, 0) is 28.8 Å². The molecule has 13 nitrogen and oxygen atoms in total. The molecule has 0 aromatic rings. The number of hydrogen-bond acceptors (Lipinski definition) is 7. The SMILES string of the molecule is CC(C)CC(NC(=O)C(N)CCC(N)=O)C(=O)N1CCCC1C(=O)NC(CCC(=O)O)C(=O)O. The Balaban J connectivity index is 2.92. The molecule has 34 heavy (non-hydrogen) atoms. The highest BCUT2D eigenvalue weighted by molar-refractivity contribution is 5.94. The molecule has 4 amide bonds. The zero-order valence-electron chi connectivity index (χ0n) is 19.5. The van der Waals surface area contributed by atoms with Gasteiger partial charge in [-0.25, -0.2) is 4.79 Å². The van der Waals surface area contributed by atoms with Crippen LogP contribution in [-0.4, -0.2) is 81.4 Å². The van der Waals surface area contributed by atoms with Crippen LogP contribution >= 0.6 is 0 Å². The second-order valence-corrected chi connectivity index (χ2v) is 8.82. The van der Waals surface area contributed by atoms with E-state index in [2.05, 4.69) is 10.6 Å². The van der Waals surface area contributed by atoms with Crippen molar-refractivity contribution in [1.82, 2.24) is 15.5 Å². The second kappa shape index (κ2) is 13.5. The minimum Gasteiger partial charge on any atom is -0.481 e. The normalized spacial score (nSPS) is 18.1. The predicted molar refractivity (Wildman–Crippen MR) is 119 cm³/mol. The summed E-state index contributed by atoms with van der Waals surface area (Å²) >= 11 is 0. The van der Waals surface area contributed by atoms with Crippen LogP contribution in [0.3, 0.4) is 0 Å². The molecule has 0 radical (unpaired) electrons. The summed E-state index contributed by atoms with van der Waals surface area (Å²) in [6, 6.07) is -4.37. The fraction of sp³-hybridized carbons (Fsp3) is 0.714. The first-order valence-electron chi connectivity index (χ1n) is 11.2. The Morgan fingerprint density at radius 3 is 2.18 bits per heavy atom. The van der Waals surface area contributed by atoms with Crippen LogP contribution in [0.4, 0.5) is 0 Å². The van der Waals surface area contributed by atoms with Gasteiger partial charge in [0.1, 0.15) is 18.1 Å². The molecule has 8 N–H and O–H groups in total. The molecule has 0 aromatic carbocycles. The quantitative estimate of drug-likeness (QED) is 0.169. The Labute approximate surface area is 197 Å². The number of amides is 4. The van der Waals surface area contributed by atoms with Crippen molar-refractivity contribution in [1.29, 1.82) is 0 Å². The van der Waals surface area contributed by atoms with Crippen LogP contribution in [0.5, 0.6) is 0 Å². The van der Waals surface area contributed by atoms with Gasteiger partial charge in [-0.15, -0.1) is 0 Å². The van der Waals surface area contributed by atoms with Gasteiger partial charge in [-0.3, -0.25) is 24.0 Å². The zero-order valence-corrected chi connectivity index (χ0v) is 19.5. The summed E-state index contributed by atoms with van der Waals surface area (Å²) in [7, 11) is 0. The smallest absolute Gasteiger partial charge is 0.326 e. The van der Waals surface area contributed by atoms with E-state index in [0.29, 0.717) is 12.8 Å². The van der Waals surface area contributed by atoms with Crippen LogP contribution < -0.4 is 22.1 Å². The average Bonchev–Trinajstić information content (AvgIpc) is 3.22. The number of carboxylic acids is 2. The standard InChI is InChI=1S/C21H35N5O8/c1-11(2)10-14(25-18(30)12(22)5-7-16(23)27)20(32)26-9-3-4-15(26)19(31)24-13(21(33)34)6-8-17(28)29/h11-15H,3-10,22H2,1-2H3,(H2,23,27)(H,24,31)(H,25,30)(H,28,29)(H,33,34). The number of nitrogens with two attached hydrogens (primary N) is 2. The van der Waals surface area contributed by atoms with E-state index in [1.54, 1.807) is 0 Å². The minimum absolute atomic E-state index is 0.0124. The average molecular weight is 486 g/mol. The van der Waals surface area contributed by atoms with Crippen molar-refractivity contribution >= 4 is 35.6 Å². The van der Waals surface area contributed by atoms with Crippen LogP contribution in [0.15, 0.2) is 0 Å². The molecule has 0 saturated carbocycles. The molecule has 0 spiro atoms. The van der Waals surface area contributed by atoms with E-state index in [1.165, 1.54) is 4.90 Å². The number of carbonyl (C=O) groups excluding carboxylic acids is 4. The molecule has 0 aromatic heterocycles. The third kappa shape index (κ3) is 9.33. The molecule has 0 aliphatic carbocycles. The van der Waals surface area contributed by atoms with Gasteiger partial charge in [0, 0.05) is 19.4 Å². The molecule has 1 aliphatic rings. The lowest BCUT2D eigenvalue weighted by Gasteiger charge is -2.30. The van der Waals surface area contributed by atoms with Crippen molar-refractivity contribution < 1.29 is 39.0 Å². The highest BCUT2D eigenvalue weighted by Crippen LogP contribution is 2.21. The summed E-state index contributed by atoms with van der Waals surface area (Å²) in [6.07, 6.45) is 0.258. The first kappa shape index (κ1) is 28.8. The summed E-state index contributed by atoms with van der Waals surface area (Å²) in [5.41, 5.74) is 10.9. The summed E-state index contributed by atoms with van der Waals surface area (Å²) in [6.45, 7) is 3.95. The van der Waals surface area contributed by atoms with E-state index in [-0.39, 0.29) is 38.1 Å². The maximum Gasteiger partial charge on any atom is 0.326 e. The molecule has 1 aliphatic heterocycles. The molecular formula is C21H35N5O8.